The predicted molar refractivity (Wildman–Crippen MR) is 225 cm³/mol. The summed E-state index contributed by atoms with van der Waals surface area (Å²) in [6, 6.07) is 59.8. The van der Waals surface area contributed by atoms with Gasteiger partial charge >= 0.3 is 0 Å². The predicted octanol–water partition coefficient (Wildman–Crippen LogP) is 14.8. The quantitative estimate of drug-likeness (QED) is 0.162. The normalized spacial score (nSPS) is 12.4. The van der Waals surface area contributed by atoms with E-state index in [9.17, 15) is 0 Å². The Morgan fingerprint density at radius 3 is 1.31 bits per heavy atom. The molecule has 0 spiro atoms. The highest BCUT2D eigenvalue weighted by atomic mass is 14.3. The van der Waals surface area contributed by atoms with Crippen molar-refractivity contribution in [3.8, 4) is 44.5 Å². The molecule has 0 aliphatic heterocycles. The second kappa shape index (κ2) is 10.1. The average molecular weight is 657 g/mol. The van der Waals surface area contributed by atoms with Crippen LogP contribution < -0.4 is 0 Å². The standard InChI is InChI=1S/C52H32/c1-29-9-5-10-32-22-26-38-40(25-19-30(2)45(38)44(29)32)49-36-15-3-4-16-37(36)50(52-43-18-8-14-31-13-7-17-42(47(31)43)51(49)52)41-28-24-35-21-20-33-11-6-12-34-23-27-39(41)48(35)46(33)34/h3-28H,1-2H3. The molecule has 1 aliphatic rings. The van der Waals surface area contributed by atoms with Crippen LogP contribution in [0.1, 0.15) is 11.1 Å². The van der Waals surface area contributed by atoms with Gasteiger partial charge in [-0.1, -0.05) is 158 Å². The van der Waals surface area contributed by atoms with Crippen LogP contribution in [-0.2, 0) is 0 Å². The van der Waals surface area contributed by atoms with Crippen LogP contribution in [0.25, 0.3) is 120 Å². The molecule has 0 aromatic heterocycles. The maximum absolute atomic E-state index is 2.39. The van der Waals surface area contributed by atoms with Crippen LogP contribution in [0, 0.1) is 13.8 Å². The van der Waals surface area contributed by atoms with E-state index >= 15 is 0 Å². The Morgan fingerprint density at radius 2 is 0.673 bits per heavy atom. The highest BCUT2D eigenvalue weighted by molar-refractivity contribution is 6.32. The van der Waals surface area contributed by atoms with Crippen LogP contribution in [-0.4, -0.2) is 0 Å². The first-order valence-corrected chi connectivity index (χ1v) is 18.4. The Morgan fingerprint density at radius 1 is 0.231 bits per heavy atom. The van der Waals surface area contributed by atoms with Crippen molar-refractivity contribution in [1.29, 1.82) is 0 Å². The summed E-state index contributed by atoms with van der Waals surface area (Å²) < 4.78 is 0. The molecule has 11 aromatic rings. The van der Waals surface area contributed by atoms with Gasteiger partial charge in [-0.2, -0.15) is 0 Å². The molecule has 1 aliphatic carbocycles. The van der Waals surface area contributed by atoms with E-state index in [1.807, 2.05) is 0 Å². The molecule has 240 valence electrons. The summed E-state index contributed by atoms with van der Waals surface area (Å²) in [7, 11) is 0. The largest absolute Gasteiger partial charge is 0.0616 e. The van der Waals surface area contributed by atoms with Crippen molar-refractivity contribution >= 4 is 75.4 Å². The molecule has 0 atom stereocenters. The molecule has 0 N–H and O–H groups in total. The third kappa shape index (κ3) is 3.52. The highest BCUT2D eigenvalue weighted by Crippen LogP contribution is 2.59. The second-order valence-electron chi connectivity index (χ2n) is 14.8. The molecule has 0 unspecified atom stereocenters. The van der Waals surface area contributed by atoms with Crippen molar-refractivity contribution in [2.24, 2.45) is 0 Å². The minimum atomic E-state index is 1.29. The summed E-state index contributed by atoms with van der Waals surface area (Å²) in [4.78, 5) is 0. The third-order valence-corrected chi connectivity index (χ3v) is 12.2. The van der Waals surface area contributed by atoms with Crippen molar-refractivity contribution in [2.45, 2.75) is 13.8 Å². The van der Waals surface area contributed by atoms with Gasteiger partial charge in [0.1, 0.15) is 0 Å². The number of benzene rings is 11. The zero-order chi connectivity index (χ0) is 34.2. The van der Waals surface area contributed by atoms with Gasteiger partial charge in [-0.25, -0.2) is 0 Å². The summed E-state index contributed by atoms with van der Waals surface area (Å²) >= 11 is 0. The van der Waals surface area contributed by atoms with E-state index in [1.165, 1.54) is 131 Å². The van der Waals surface area contributed by atoms with Crippen LogP contribution in [0.4, 0.5) is 0 Å². The van der Waals surface area contributed by atoms with E-state index in [0.29, 0.717) is 0 Å². The number of hydrogen-bond donors (Lipinski definition) is 0. The maximum Gasteiger partial charge on any atom is -0.000719 e. The van der Waals surface area contributed by atoms with E-state index in [0.717, 1.165) is 0 Å². The Labute approximate surface area is 301 Å². The first kappa shape index (κ1) is 28.2. The topological polar surface area (TPSA) is 0 Å². The van der Waals surface area contributed by atoms with E-state index in [4.69, 9.17) is 0 Å². The van der Waals surface area contributed by atoms with E-state index in [2.05, 4.69) is 172 Å². The zero-order valence-corrected chi connectivity index (χ0v) is 29.0. The van der Waals surface area contributed by atoms with Crippen LogP contribution in [0.2, 0.25) is 0 Å². The first-order chi connectivity index (χ1) is 25.7. The Hall–Kier alpha value is -6.50. The lowest BCUT2D eigenvalue weighted by Crippen LogP contribution is -1.96. The molecule has 52 heavy (non-hydrogen) atoms. The van der Waals surface area contributed by atoms with Gasteiger partial charge in [0.25, 0.3) is 0 Å². The molecule has 0 bridgehead atoms. The van der Waals surface area contributed by atoms with Crippen molar-refractivity contribution in [3.05, 3.63) is 169 Å². The Kier molecular flexibility index (Phi) is 5.46. The molecular weight excluding hydrogens is 625 g/mol. The van der Waals surface area contributed by atoms with E-state index in [-0.39, 0.29) is 0 Å². The number of hydrogen-bond acceptors (Lipinski definition) is 0. The summed E-state index contributed by atoms with van der Waals surface area (Å²) in [5, 5.41) is 18.5. The van der Waals surface area contributed by atoms with Crippen LogP contribution in [0.5, 0.6) is 0 Å². The molecule has 11 aromatic carbocycles. The van der Waals surface area contributed by atoms with Crippen LogP contribution in [0.15, 0.2) is 158 Å². The Balaban J connectivity index is 1.30. The van der Waals surface area contributed by atoms with Crippen molar-refractivity contribution < 1.29 is 0 Å². The maximum atomic E-state index is 2.39. The SMILES string of the molecule is Cc1cccc2ccc3c(-c4c5c(c(-c6ccc7ccc8cccc9ccc6c7c89)c6ccccc46)-c4cccc6cccc-5c46)ccc(C)c3c12. The molecular formula is C52H32. The molecule has 0 fully saturated rings. The van der Waals surface area contributed by atoms with Gasteiger partial charge in [0.2, 0.25) is 0 Å². The Bertz CT molecular complexity index is 3340. The molecule has 0 radical (unpaired) electrons. The minimum Gasteiger partial charge on any atom is -0.0616 e. The third-order valence-electron chi connectivity index (χ3n) is 12.2. The zero-order valence-electron chi connectivity index (χ0n) is 29.0. The molecule has 0 nitrogen and oxygen atoms in total. The number of aryl methyl sites for hydroxylation is 2. The minimum absolute atomic E-state index is 1.29. The fourth-order valence-corrected chi connectivity index (χ4v) is 10.0. The average Bonchev–Trinajstić information content (AvgIpc) is 3.51. The smallest absolute Gasteiger partial charge is 0.000719 e. The van der Waals surface area contributed by atoms with Gasteiger partial charge in [0, 0.05) is 0 Å². The van der Waals surface area contributed by atoms with E-state index in [1.54, 1.807) is 0 Å². The van der Waals surface area contributed by atoms with Crippen molar-refractivity contribution in [1.82, 2.24) is 0 Å². The van der Waals surface area contributed by atoms with Crippen molar-refractivity contribution in [3.63, 3.8) is 0 Å². The molecule has 0 amide bonds. The first-order valence-electron chi connectivity index (χ1n) is 18.4. The molecule has 0 heteroatoms. The fraction of sp³-hybridized carbons (Fsp3) is 0.0385. The summed E-state index contributed by atoms with van der Waals surface area (Å²) in [6.45, 7) is 4.53. The van der Waals surface area contributed by atoms with E-state index < -0.39 is 0 Å². The second-order valence-corrected chi connectivity index (χ2v) is 14.8. The number of fused-ring (bicyclic) bond motifs is 7. The van der Waals surface area contributed by atoms with Gasteiger partial charge in [0.15, 0.2) is 0 Å². The van der Waals surface area contributed by atoms with Gasteiger partial charge < -0.3 is 0 Å². The molecule has 12 rings (SSSR count). The molecule has 0 saturated heterocycles. The molecule has 0 heterocycles. The van der Waals surface area contributed by atoms with Gasteiger partial charge in [-0.3, -0.25) is 0 Å². The molecule has 0 saturated carbocycles. The van der Waals surface area contributed by atoms with Gasteiger partial charge in [0.05, 0.1) is 0 Å². The van der Waals surface area contributed by atoms with Crippen molar-refractivity contribution in [2.75, 3.05) is 0 Å². The van der Waals surface area contributed by atoms with Gasteiger partial charge in [-0.15, -0.1) is 0 Å². The lowest BCUT2D eigenvalue weighted by molar-refractivity contribution is 1.51. The van der Waals surface area contributed by atoms with Crippen LogP contribution in [0.3, 0.4) is 0 Å². The summed E-state index contributed by atoms with van der Waals surface area (Å²) in [6.07, 6.45) is 0. The number of rotatable bonds is 2. The monoisotopic (exact) mass is 656 g/mol. The summed E-state index contributed by atoms with van der Waals surface area (Å²) in [5.41, 5.74) is 13.2. The van der Waals surface area contributed by atoms with Gasteiger partial charge in [-0.05, 0) is 145 Å². The fourth-order valence-electron chi connectivity index (χ4n) is 10.0. The highest BCUT2D eigenvalue weighted by Gasteiger charge is 2.31. The van der Waals surface area contributed by atoms with Crippen LogP contribution >= 0.6 is 0 Å². The summed E-state index contributed by atoms with van der Waals surface area (Å²) in [5.74, 6) is 0. The lowest BCUT2D eigenvalue weighted by Gasteiger charge is -2.23. The lowest BCUT2D eigenvalue weighted by atomic mass is 9.79.